The average molecular weight is 641 g/mol. The molecule has 1 rings (SSSR count). The van der Waals surface area contributed by atoms with Crippen LogP contribution in [0.2, 0.25) is 0 Å². The van der Waals surface area contributed by atoms with Gasteiger partial charge in [-0.25, -0.2) is 4.79 Å². The molecule has 41 heavy (non-hydrogen) atoms. The molecule has 0 bridgehead atoms. The first-order chi connectivity index (χ1) is 18.1. The number of rotatable bonds is 12. The van der Waals surface area contributed by atoms with E-state index < -0.39 is 78.9 Å². The van der Waals surface area contributed by atoms with E-state index in [-0.39, 0.29) is 5.56 Å². The van der Waals surface area contributed by atoms with E-state index in [0.29, 0.717) is 0 Å². The van der Waals surface area contributed by atoms with Crippen LogP contribution in [-0.4, -0.2) is 77.6 Å². The quantitative estimate of drug-likeness (QED) is 0.250. The number of hydrogen-bond donors (Lipinski definition) is 2. The van der Waals surface area contributed by atoms with Gasteiger partial charge < -0.3 is 15.2 Å². The van der Waals surface area contributed by atoms with Crippen molar-refractivity contribution in [2.75, 3.05) is 6.61 Å². The Kier molecular flexibility index (Phi) is 9.88. The van der Waals surface area contributed by atoms with Crippen molar-refractivity contribution in [3.63, 3.8) is 0 Å². The molecule has 4 nitrogen and oxygen atoms in total. The number of aliphatic hydroxyl groups excluding tert-OH is 1. The SMILES string of the molecule is CCOC(=O)NC(Cc1ccccc1)C(O)C(F)(F)C(F)(F)C(F)(F)C(F)(F)C(F)(F)C(F)(F)C(F)(F)C(F)(F)F. The lowest BCUT2D eigenvalue weighted by Gasteiger charge is -2.44. The van der Waals surface area contributed by atoms with Gasteiger partial charge >= 0.3 is 53.7 Å². The number of aliphatic hydroxyl groups is 1. The van der Waals surface area contributed by atoms with Gasteiger partial charge in [0.05, 0.1) is 12.6 Å². The van der Waals surface area contributed by atoms with Crippen molar-refractivity contribution in [2.24, 2.45) is 0 Å². The number of alkyl carbamates (subject to hydrolysis) is 1. The number of nitrogens with one attached hydrogen (secondary N) is 1. The van der Waals surface area contributed by atoms with Crippen LogP contribution in [0, 0.1) is 0 Å². The highest BCUT2D eigenvalue weighted by atomic mass is 19.4. The number of hydrogen-bond acceptors (Lipinski definition) is 3. The van der Waals surface area contributed by atoms with Gasteiger partial charge in [0.1, 0.15) is 6.10 Å². The van der Waals surface area contributed by atoms with Crippen LogP contribution in [-0.2, 0) is 11.2 Å². The molecule has 1 aromatic rings. The zero-order valence-corrected chi connectivity index (χ0v) is 19.6. The first kappa shape index (κ1) is 36.3. The molecule has 21 heteroatoms. The van der Waals surface area contributed by atoms with E-state index >= 15 is 0 Å². The molecule has 2 N–H and O–H groups in total. The first-order valence-corrected chi connectivity index (χ1v) is 10.5. The standard InChI is InChI=1S/C20H16F17NO3/c1-2-41-12(40)38-10(8-9-6-4-3-5-7-9)11(39)13(21,22)14(23,24)15(25,26)16(27,28)17(29,30)18(31,32)19(33,34)20(35,36)37/h3-7,10-11,39H,2,8H2,1H3,(H,38,40). The lowest BCUT2D eigenvalue weighted by atomic mass is 9.85. The van der Waals surface area contributed by atoms with Crippen molar-refractivity contribution in [1.82, 2.24) is 5.32 Å². The van der Waals surface area contributed by atoms with Gasteiger partial charge in [-0.05, 0) is 18.9 Å². The molecule has 2 unspecified atom stereocenters. The summed E-state index contributed by atoms with van der Waals surface area (Å²) in [4.78, 5) is 11.6. The van der Waals surface area contributed by atoms with Crippen molar-refractivity contribution in [1.29, 1.82) is 0 Å². The summed E-state index contributed by atoms with van der Waals surface area (Å²) in [6.45, 7) is 0.522. The van der Waals surface area contributed by atoms with Crippen LogP contribution in [0.15, 0.2) is 30.3 Å². The summed E-state index contributed by atoms with van der Waals surface area (Å²) in [6, 6.07) is 2.63. The minimum absolute atomic E-state index is 0.259. The molecule has 0 saturated heterocycles. The smallest absolute Gasteiger partial charge is 0.450 e. The van der Waals surface area contributed by atoms with Crippen molar-refractivity contribution in [3.8, 4) is 0 Å². The van der Waals surface area contributed by atoms with Crippen LogP contribution in [0.5, 0.6) is 0 Å². The van der Waals surface area contributed by atoms with Gasteiger partial charge in [0, 0.05) is 0 Å². The third-order valence-corrected chi connectivity index (χ3v) is 5.38. The van der Waals surface area contributed by atoms with Crippen LogP contribution < -0.4 is 5.32 Å². The Morgan fingerprint density at radius 2 is 1.10 bits per heavy atom. The van der Waals surface area contributed by atoms with Gasteiger partial charge in [-0.2, -0.15) is 74.6 Å². The summed E-state index contributed by atoms with van der Waals surface area (Å²) in [6.07, 6.45) is -15.4. The van der Waals surface area contributed by atoms with E-state index in [9.17, 15) is 84.5 Å². The van der Waals surface area contributed by atoms with E-state index in [4.69, 9.17) is 0 Å². The third-order valence-electron chi connectivity index (χ3n) is 5.38. The normalized spacial score (nSPS) is 16.3. The fraction of sp³-hybridized carbons (Fsp3) is 0.650. The van der Waals surface area contributed by atoms with Crippen LogP contribution in [0.25, 0.3) is 0 Å². The first-order valence-electron chi connectivity index (χ1n) is 10.5. The minimum Gasteiger partial charge on any atom is -0.450 e. The molecule has 0 saturated carbocycles. The largest absolute Gasteiger partial charge is 0.460 e. The van der Waals surface area contributed by atoms with Crippen LogP contribution in [0.4, 0.5) is 79.4 Å². The number of benzene rings is 1. The molecule has 0 radical (unpaired) electrons. The number of halogens is 17. The van der Waals surface area contributed by atoms with Crippen molar-refractivity contribution in [3.05, 3.63) is 35.9 Å². The number of amides is 1. The topological polar surface area (TPSA) is 58.6 Å². The van der Waals surface area contributed by atoms with Gasteiger partial charge in [-0.1, -0.05) is 30.3 Å². The van der Waals surface area contributed by atoms with Crippen molar-refractivity contribution >= 4 is 6.09 Å². The summed E-state index contributed by atoms with van der Waals surface area (Å²) >= 11 is 0. The highest BCUT2D eigenvalue weighted by molar-refractivity contribution is 5.67. The Morgan fingerprint density at radius 1 is 0.707 bits per heavy atom. The average Bonchev–Trinajstić information content (AvgIpc) is 2.82. The van der Waals surface area contributed by atoms with Crippen LogP contribution in [0.1, 0.15) is 12.5 Å². The van der Waals surface area contributed by atoms with Gasteiger partial charge in [-0.15, -0.1) is 0 Å². The molecule has 1 amide bonds. The second kappa shape index (κ2) is 11.2. The third kappa shape index (κ3) is 5.81. The Labute approximate surface area is 217 Å². The molecule has 0 aliphatic rings. The molecular weight excluding hydrogens is 625 g/mol. The van der Waals surface area contributed by atoms with E-state index in [1.807, 2.05) is 0 Å². The fourth-order valence-corrected chi connectivity index (χ4v) is 3.05. The van der Waals surface area contributed by atoms with E-state index in [1.165, 1.54) is 11.4 Å². The summed E-state index contributed by atoms with van der Waals surface area (Å²) in [5, 5.41) is 11.1. The molecule has 1 aromatic carbocycles. The van der Waals surface area contributed by atoms with E-state index in [0.717, 1.165) is 31.2 Å². The highest BCUT2D eigenvalue weighted by Crippen LogP contribution is 2.64. The number of alkyl halides is 17. The molecule has 0 heterocycles. The predicted octanol–water partition coefficient (Wildman–Crippen LogP) is 6.71. The van der Waals surface area contributed by atoms with Gasteiger partial charge in [-0.3, -0.25) is 0 Å². The Bertz CT molecular complexity index is 1040. The molecule has 0 aromatic heterocycles. The zero-order chi connectivity index (χ0) is 32.7. The van der Waals surface area contributed by atoms with Crippen molar-refractivity contribution in [2.45, 2.75) is 73.1 Å². The second-order valence-corrected chi connectivity index (χ2v) is 8.17. The zero-order valence-electron chi connectivity index (χ0n) is 19.6. The molecule has 0 spiro atoms. The monoisotopic (exact) mass is 641 g/mol. The Hall–Kier alpha value is -2.74. The van der Waals surface area contributed by atoms with E-state index in [2.05, 4.69) is 4.74 Å². The van der Waals surface area contributed by atoms with Crippen LogP contribution >= 0.6 is 0 Å². The molecular formula is C20H16F17NO3. The van der Waals surface area contributed by atoms with Gasteiger partial charge in [0.15, 0.2) is 0 Å². The van der Waals surface area contributed by atoms with Gasteiger partial charge in [0.2, 0.25) is 0 Å². The molecule has 238 valence electrons. The van der Waals surface area contributed by atoms with Gasteiger partial charge in [0.25, 0.3) is 0 Å². The summed E-state index contributed by atoms with van der Waals surface area (Å²) < 4.78 is 234. The maximum Gasteiger partial charge on any atom is 0.460 e. The van der Waals surface area contributed by atoms with Crippen LogP contribution in [0.3, 0.4) is 0 Å². The maximum atomic E-state index is 14.6. The molecule has 0 aliphatic heterocycles. The summed E-state index contributed by atoms with van der Waals surface area (Å²) in [5.74, 6) is -58.3. The Balaban J connectivity index is 3.67. The molecule has 2 atom stereocenters. The molecule has 0 aliphatic carbocycles. The highest BCUT2D eigenvalue weighted by Gasteiger charge is 2.95. The Morgan fingerprint density at radius 3 is 1.49 bits per heavy atom. The van der Waals surface area contributed by atoms with Crippen molar-refractivity contribution < 1.29 is 89.3 Å². The minimum atomic E-state index is -8.79. The molecule has 0 fully saturated rings. The van der Waals surface area contributed by atoms with E-state index in [1.54, 1.807) is 0 Å². The lowest BCUT2D eigenvalue weighted by Crippen LogP contribution is -2.76. The fourth-order valence-electron chi connectivity index (χ4n) is 3.05. The number of carbonyl (C=O) groups is 1. The number of ether oxygens (including phenoxy) is 1. The summed E-state index contributed by atoms with van der Waals surface area (Å²) in [5.41, 5.74) is -0.259. The lowest BCUT2D eigenvalue weighted by molar-refractivity contribution is -0.464. The second-order valence-electron chi connectivity index (χ2n) is 8.17. The number of carbonyl (C=O) groups excluding carboxylic acids is 1. The summed E-state index contributed by atoms with van der Waals surface area (Å²) in [7, 11) is 0. The predicted molar refractivity (Wildman–Crippen MR) is 101 cm³/mol. The maximum absolute atomic E-state index is 14.6.